The van der Waals surface area contributed by atoms with Crippen molar-refractivity contribution in [3.63, 3.8) is 0 Å². The molecule has 0 spiro atoms. The van der Waals surface area contributed by atoms with Crippen LogP contribution in [0.25, 0.3) is 0 Å². The molecule has 0 saturated heterocycles. The minimum Gasteiger partial charge on any atom is -0.434 e. The fraction of sp³-hybridized carbons (Fsp3) is 0.526. The number of hydrogen-bond acceptors (Lipinski definition) is 3. The molecule has 0 aromatic heterocycles. The van der Waals surface area contributed by atoms with Crippen LogP contribution in [0.3, 0.4) is 0 Å². The third kappa shape index (κ3) is 6.79. The van der Waals surface area contributed by atoms with E-state index in [0.717, 1.165) is 24.8 Å². The van der Waals surface area contributed by atoms with Crippen LogP contribution in [0.4, 0.5) is 4.79 Å². The van der Waals surface area contributed by atoms with Gasteiger partial charge in [0.25, 0.3) is 0 Å². The molecule has 0 aliphatic heterocycles. The SMILES string of the molecule is CCCCOC(=O)OC=C(C)Cc1ccc(C(C)(C)C)cc1. The van der Waals surface area contributed by atoms with E-state index in [0.29, 0.717) is 6.61 Å². The van der Waals surface area contributed by atoms with Gasteiger partial charge < -0.3 is 9.47 Å². The van der Waals surface area contributed by atoms with Gasteiger partial charge in [0.2, 0.25) is 0 Å². The monoisotopic (exact) mass is 304 g/mol. The number of allylic oxidation sites excluding steroid dienone is 1. The first-order valence-corrected chi connectivity index (χ1v) is 7.91. The van der Waals surface area contributed by atoms with Gasteiger partial charge in [0, 0.05) is 0 Å². The minimum absolute atomic E-state index is 0.161. The lowest BCUT2D eigenvalue weighted by atomic mass is 9.86. The standard InChI is InChI=1S/C19H28O3/c1-6-7-12-21-18(20)22-14-15(2)13-16-8-10-17(11-9-16)19(3,4)5/h8-11,14H,6-7,12-13H2,1-5H3. The van der Waals surface area contributed by atoms with E-state index < -0.39 is 6.16 Å². The summed E-state index contributed by atoms with van der Waals surface area (Å²) in [4.78, 5) is 11.3. The fourth-order valence-electron chi connectivity index (χ4n) is 1.97. The zero-order chi connectivity index (χ0) is 16.6. The van der Waals surface area contributed by atoms with Crippen molar-refractivity contribution in [3.05, 3.63) is 47.2 Å². The summed E-state index contributed by atoms with van der Waals surface area (Å²) in [5.74, 6) is 0. The molecule has 0 radical (unpaired) electrons. The van der Waals surface area contributed by atoms with Crippen molar-refractivity contribution in [2.75, 3.05) is 6.61 Å². The number of hydrogen-bond donors (Lipinski definition) is 0. The lowest BCUT2D eigenvalue weighted by molar-refractivity contribution is 0.0830. The van der Waals surface area contributed by atoms with Gasteiger partial charge in [-0.15, -0.1) is 0 Å². The third-order valence-corrected chi connectivity index (χ3v) is 3.38. The highest BCUT2D eigenvalue weighted by Crippen LogP contribution is 2.22. The van der Waals surface area contributed by atoms with Crippen LogP contribution in [0.15, 0.2) is 36.1 Å². The van der Waals surface area contributed by atoms with E-state index in [1.807, 2.05) is 13.8 Å². The van der Waals surface area contributed by atoms with Crippen LogP contribution >= 0.6 is 0 Å². The Morgan fingerprint density at radius 3 is 2.36 bits per heavy atom. The summed E-state index contributed by atoms with van der Waals surface area (Å²) in [6.45, 7) is 11.0. The van der Waals surface area contributed by atoms with E-state index >= 15 is 0 Å². The summed E-state index contributed by atoms with van der Waals surface area (Å²) in [6, 6.07) is 8.56. The molecule has 1 aromatic carbocycles. The summed E-state index contributed by atoms with van der Waals surface area (Å²) < 4.78 is 9.91. The second-order valence-electron chi connectivity index (χ2n) is 6.66. The van der Waals surface area contributed by atoms with Crippen LogP contribution in [0.1, 0.15) is 58.6 Å². The van der Waals surface area contributed by atoms with Crippen molar-refractivity contribution in [2.45, 2.75) is 59.3 Å². The number of carbonyl (C=O) groups excluding carboxylic acids is 1. The Morgan fingerprint density at radius 1 is 1.18 bits per heavy atom. The first-order chi connectivity index (χ1) is 10.3. The van der Waals surface area contributed by atoms with Gasteiger partial charge in [0.05, 0.1) is 12.9 Å². The molecule has 0 amide bonds. The summed E-state index contributed by atoms with van der Waals surface area (Å²) in [5, 5.41) is 0. The zero-order valence-electron chi connectivity index (χ0n) is 14.4. The van der Waals surface area contributed by atoms with Crippen molar-refractivity contribution >= 4 is 6.16 Å². The van der Waals surface area contributed by atoms with Gasteiger partial charge in [0.15, 0.2) is 0 Å². The summed E-state index contributed by atoms with van der Waals surface area (Å²) in [7, 11) is 0. The van der Waals surface area contributed by atoms with Crippen molar-refractivity contribution in [2.24, 2.45) is 0 Å². The highest BCUT2D eigenvalue weighted by molar-refractivity contribution is 5.60. The molecular formula is C19H28O3. The molecule has 0 N–H and O–H groups in total. The van der Waals surface area contributed by atoms with E-state index in [2.05, 4.69) is 45.0 Å². The Bertz CT molecular complexity index is 492. The molecule has 0 atom stereocenters. The molecule has 22 heavy (non-hydrogen) atoms. The summed E-state index contributed by atoms with van der Waals surface area (Å²) in [5.41, 5.74) is 3.66. The highest BCUT2D eigenvalue weighted by Gasteiger charge is 2.12. The molecule has 0 heterocycles. The Kier molecular flexibility index (Phi) is 7.16. The Morgan fingerprint density at radius 2 is 1.82 bits per heavy atom. The smallest absolute Gasteiger partial charge is 0.434 e. The number of carbonyl (C=O) groups is 1. The normalized spacial score (nSPS) is 12.1. The van der Waals surface area contributed by atoms with Gasteiger partial charge in [-0.1, -0.05) is 58.4 Å². The largest absolute Gasteiger partial charge is 0.513 e. The average molecular weight is 304 g/mol. The molecule has 0 unspecified atom stereocenters. The van der Waals surface area contributed by atoms with Gasteiger partial charge in [-0.05, 0) is 41.9 Å². The van der Waals surface area contributed by atoms with Gasteiger partial charge >= 0.3 is 6.16 Å². The number of ether oxygens (including phenoxy) is 2. The van der Waals surface area contributed by atoms with E-state index in [4.69, 9.17) is 9.47 Å². The first kappa shape index (κ1) is 18.3. The van der Waals surface area contributed by atoms with Crippen LogP contribution in [0.5, 0.6) is 0 Å². The van der Waals surface area contributed by atoms with Crippen molar-refractivity contribution < 1.29 is 14.3 Å². The van der Waals surface area contributed by atoms with Crippen molar-refractivity contribution in [3.8, 4) is 0 Å². The predicted octanol–water partition coefficient (Wildman–Crippen LogP) is 5.38. The Labute approximate surface area is 134 Å². The molecule has 0 aliphatic rings. The first-order valence-electron chi connectivity index (χ1n) is 7.91. The van der Waals surface area contributed by atoms with Gasteiger partial charge in [-0.2, -0.15) is 0 Å². The molecule has 0 aliphatic carbocycles. The van der Waals surface area contributed by atoms with Gasteiger partial charge in [-0.25, -0.2) is 4.79 Å². The molecule has 3 heteroatoms. The third-order valence-electron chi connectivity index (χ3n) is 3.38. The fourth-order valence-corrected chi connectivity index (χ4v) is 1.97. The van der Waals surface area contributed by atoms with E-state index in [9.17, 15) is 4.79 Å². The molecule has 122 valence electrons. The maximum absolute atomic E-state index is 11.3. The lowest BCUT2D eigenvalue weighted by Crippen LogP contribution is -2.10. The molecule has 1 aromatic rings. The number of benzene rings is 1. The summed E-state index contributed by atoms with van der Waals surface area (Å²) >= 11 is 0. The van der Waals surface area contributed by atoms with Crippen molar-refractivity contribution in [1.29, 1.82) is 0 Å². The molecule has 1 rings (SSSR count). The van der Waals surface area contributed by atoms with E-state index in [1.165, 1.54) is 17.4 Å². The van der Waals surface area contributed by atoms with E-state index in [-0.39, 0.29) is 5.41 Å². The second kappa shape index (κ2) is 8.62. The van der Waals surface area contributed by atoms with Gasteiger partial charge in [0.1, 0.15) is 0 Å². The molecule has 0 bridgehead atoms. The van der Waals surface area contributed by atoms with Crippen LogP contribution in [-0.4, -0.2) is 12.8 Å². The van der Waals surface area contributed by atoms with Crippen LogP contribution in [0.2, 0.25) is 0 Å². The molecule has 0 fully saturated rings. The quantitative estimate of drug-likeness (QED) is 0.402. The average Bonchev–Trinajstić information content (AvgIpc) is 2.45. The van der Waals surface area contributed by atoms with Crippen LogP contribution in [0, 0.1) is 0 Å². The van der Waals surface area contributed by atoms with E-state index in [1.54, 1.807) is 0 Å². The Hall–Kier alpha value is -1.77. The van der Waals surface area contributed by atoms with Crippen LogP contribution < -0.4 is 0 Å². The number of unbranched alkanes of at least 4 members (excludes halogenated alkanes) is 1. The van der Waals surface area contributed by atoms with Crippen molar-refractivity contribution in [1.82, 2.24) is 0 Å². The van der Waals surface area contributed by atoms with Gasteiger partial charge in [-0.3, -0.25) is 0 Å². The highest BCUT2D eigenvalue weighted by atomic mass is 16.7. The molecular weight excluding hydrogens is 276 g/mol. The molecule has 3 nitrogen and oxygen atoms in total. The molecule has 0 saturated carbocycles. The topological polar surface area (TPSA) is 35.5 Å². The minimum atomic E-state index is -0.629. The maximum Gasteiger partial charge on any atom is 0.513 e. The second-order valence-corrected chi connectivity index (χ2v) is 6.66. The zero-order valence-corrected chi connectivity index (χ0v) is 14.4. The number of rotatable bonds is 6. The lowest BCUT2D eigenvalue weighted by Gasteiger charge is -2.19. The van der Waals surface area contributed by atoms with Crippen LogP contribution in [-0.2, 0) is 21.3 Å². The maximum atomic E-state index is 11.3. The Balaban J connectivity index is 2.48. The predicted molar refractivity (Wildman–Crippen MR) is 89.9 cm³/mol. The summed E-state index contributed by atoms with van der Waals surface area (Å²) in [6.07, 6.45) is 3.46.